The van der Waals surface area contributed by atoms with Gasteiger partial charge in [0.15, 0.2) is 0 Å². The molecule has 1 fully saturated rings. The van der Waals surface area contributed by atoms with Crippen LogP contribution < -0.4 is 10.1 Å². The van der Waals surface area contributed by atoms with Gasteiger partial charge in [-0.3, -0.25) is 5.32 Å². The van der Waals surface area contributed by atoms with E-state index in [2.05, 4.69) is 104 Å². The molecule has 4 rings (SSSR count). The number of nitrogens with one attached hydrogen (secondary N) is 1. The van der Waals surface area contributed by atoms with E-state index >= 15 is 0 Å². The number of nitriles is 1. The topological polar surface area (TPSA) is 76.0 Å². The lowest BCUT2D eigenvalue weighted by molar-refractivity contribution is 0.0317. The van der Waals surface area contributed by atoms with Crippen molar-refractivity contribution >= 4 is 16.4 Å². The highest BCUT2D eigenvalue weighted by molar-refractivity contribution is 7.44. The number of benzene rings is 3. The van der Waals surface area contributed by atoms with Crippen molar-refractivity contribution in [1.82, 2.24) is 9.99 Å². The smallest absolute Gasteiger partial charge is 0.259 e. The second-order valence-electron chi connectivity index (χ2n) is 11.3. The van der Waals surface area contributed by atoms with Crippen LogP contribution >= 0.6 is 8.53 Å². The van der Waals surface area contributed by atoms with Gasteiger partial charge in [0, 0.05) is 24.1 Å². The molecule has 226 valence electrons. The number of hydrogen-bond acceptors (Lipinski definition) is 7. The Hall–Kier alpha value is -2.76. The largest absolute Gasteiger partial charge is 0.497 e. The molecule has 3 aromatic carbocycles. The first-order valence-corrected chi connectivity index (χ1v) is 16.1. The maximum atomic E-state index is 9.10. The van der Waals surface area contributed by atoms with E-state index in [4.69, 9.17) is 31.6 Å². The first kappa shape index (κ1) is 33.1. The fraction of sp³-hybridized carbons (Fsp3) is 0.441. The highest BCUT2D eigenvalue weighted by Crippen LogP contribution is 2.47. The van der Waals surface area contributed by atoms with Crippen molar-refractivity contribution in [2.75, 3.05) is 20.3 Å². The minimum absolute atomic E-state index is 0.139. The lowest BCUT2D eigenvalue weighted by Crippen LogP contribution is -2.53. The zero-order valence-corrected chi connectivity index (χ0v) is 26.7. The van der Waals surface area contributed by atoms with E-state index in [0.717, 1.165) is 22.4 Å². The summed E-state index contributed by atoms with van der Waals surface area (Å²) in [5.74, 6) is 0.792. The summed E-state index contributed by atoms with van der Waals surface area (Å²) in [7, 11) is 6.70. The molecule has 0 aliphatic carbocycles. The van der Waals surface area contributed by atoms with Crippen LogP contribution in [0.3, 0.4) is 0 Å². The normalized spacial score (nSPS) is 19.6. The Labute approximate surface area is 259 Å². The first-order valence-electron chi connectivity index (χ1n) is 15.0. The van der Waals surface area contributed by atoms with Crippen molar-refractivity contribution in [2.45, 2.75) is 76.3 Å². The molecule has 3 aromatic rings. The Balaban J connectivity index is 1.70. The van der Waals surface area contributed by atoms with Crippen molar-refractivity contribution in [3.63, 3.8) is 0 Å². The van der Waals surface area contributed by atoms with Crippen LogP contribution in [0.1, 0.15) is 57.2 Å². The standard InChI is InChI=1S/C34H43BN3O4P/c1-25(2)38(26(3)4)43(40-22-12-21-36)41-24-32-31(23-33(35)42-32)37-34(27-13-8-6-9-14-27,28-15-10-7-11-16-28)29-17-19-30(39-5)20-18-29/h6-11,13-20,25-26,31-33,37H,12,22-24H2,1-5H3/t31?,32-,33-,43?/m1/s1. The summed E-state index contributed by atoms with van der Waals surface area (Å²) in [6.07, 6.45) is 0.585. The molecule has 2 unspecified atom stereocenters. The van der Waals surface area contributed by atoms with Crippen LogP contribution in [0, 0.1) is 11.3 Å². The van der Waals surface area contributed by atoms with Crippen LogP contribution in [0.4, 0.5) is 0 Å². The number of hydrogen-bond donors (Lipinski definition) is 1. The van der Waals surface area contributed by atoms with E-state index in [1.54, 1.807) is 7.11 Å². The molecular weight excluding hydrogens is 556 g/mol. The summed E-state index contributed by atoms with van der Waals surface area (Å²) >= 11 is 0. The fourth-order valence-corrected chi connectivity index (χ4v) is 7.40. The molecule has 0 bridgehead atoms. The molecule has 0 amide bonds. The predicted molar refractivity (Wildman–Crippen MR) is 173 cm³/mol. The van der Waals surface area contributed by atoms with Gasteiger partial charge in [0.25, 0.3) is 8.53 Å². The molecule has 1 aliphatic heterocycles. The number of rotatable bonds is 15. The summed E-state index contributed by atoms with van der Waals surface area (Å²) in [5, 5.41) is 13.1. The average molecular weight is 600 g/mol. The van der Waals surface area contributed by atoms with Crippen LogP contribution in [-0.4, -0.2) is 63.1 Å². The molecule has 0 spiro atoms. The van der Waals surface area contributed by atoms with Crippen molar-refractivity contribution in [3.05, 3.63) is 102 Å². The summed E-state index contributed by atoms with van der Waals surface area (Å²) in [4.78, 5) is 0. The van der Waals surface area contributed by atoms with Crippen LogP contribution in [0.5, 0.6) is 5.75 Å². The molecular formula is C34H43BN3O4P. The molecule has 2 radical (unpaired) electrons. The van der Waals surface area contributed by atoms with Crippen molar-refractivity contribution in [2.24, 2.45) is 0 Å². The molecule has 1 heterocycles. The van der Waals surface area contributed by atoms with E-state index < -0.39 is 20.1 Å². The monoisotopic (exact) mass is 599 g/mol. The second kappa shape index (κ2) is 15.8. The highest BCUT2D eigenvalue weighted by Gasteiger charge is 2.43. The van der Waals surface area contributed by atoms with Crippen LogP contribution in [0.25, 0.3) is 0 Å². The van der Waals surface area contributed by atoms with E-state index in [9.17, 15) is 0 Å². The lowest BCUT2D eigenvalue weighted by atomic mass is 9.76. The van der Waals surface area contributed by atoms with Gasteiger partial charge in [-0.2, -0.15) is 5.26 Å². The fourth-order valence-electron chi connectivity index (χ4n) is 5.78. The van der Waals surface area contributed by atoms with Gasteiger partial charge in [-0.05, 0) is 62.9 Å². The zero-order valence-electron chi connectivity index (χ0n) is 25.9. The first-order chi connectivity index (χ1) is 20.8. The number of nitrogens with zero attached hydrogens (tertiary/aromatic N) is 2. The van der Waals surface area contributed by atoms with E-state index in [0.29, 0.717) is 26.1 Å². The van der Waals surface area contributed by atoms with E-state index in [1.165, 1.54) is 0 Å². The van der Waals surface area contributed by atoms with Gasteiger partial charge >= 0.3 is 0 Å². The van der Waals surface area contributed by atoms with Gasteiger partial charge in [-0.1, -0.05) is 72.8 Å². The average Bonchev–Trinajstić information content (AvgIpc) is 3.37. The number of ether oxygens (including phenoxy) is 2. The minimum Gasteiger partial charge on any atom is -0.497 e. The van der Waals surface area contributed by atoms with Crippen LogP contribution in [0.15, 0.2) is 84.9 Å². The third kappa shape index (κ3) is 8.05. The molecule has 4 atom stereocenters. The van der Waals surface area contributed by atoms with Gasteiger partial charge in [-0.15, -0.1) is 0 Å². The van der Waals surface area contributed by atoms with Gasteiger partial charge in [0.05, 0.1) is 44.5 Å². The minimum atomic E-state index is -1.41. The summed E-state index contributed by atoms with van der Waals surface area (Å²) in [6, 6.07) is 31.1. The Kier molecular flexibility index (Phi) is 12.2. The van der Waals surface area contributed by atoms with E-state index in [-0.39, 0.29) is 24.2 Å². The molecule has 1 N–H and O–H groups in total. The van der Waals surface area contributed by atoms with Crippen molar-refractivity contribution < 1.29 is 18.5 Å². The highest BCUT2D eigenvalue weighted by atomic mass is 31.2. The molecule has 43 heavy (non-hydrogen) atoms. The predicted octanol–water partition coefficient (Wildman–Crippen LogP) is 6.52. The Morgan fingerprint density at radius 3 is 2.00 bits per heavy atom. The van der Waals surface area contributed by atoms with Gasteiger partial charge in [0.2, 0.25) is 0 Å². The van der Waals surface area contributed by atoms with Gasteiger partial charge < -0.3 is 18.5 Å². The molecule has 7 nitrogen and oxygen atoms in total. The van der Waals surface area contributed by atoms with Gasteiger partial charge in [-0.25, -0.2) is 4.67 Å². The Bertz CT molecular complexity index is 1240. The third-order valence-corrected chi connectivity index (χ3v) is 9.71. The summed E-state index contributed by atoms with van der Waals surface area (Å²) in [5.41, 5.74) is 2.55. The van der Waals surface area contributed by atoms with Gasteiger partial charge in [0.1, 0.15) is 13.6 Å². The molecule has 9 heteroatoms. The summed E-state index contributed by atoms with van der Waals surface area (Å²) in [6.45, 7) is 9.11. The maximum Gasteiger partial charge on any atom is 0.259 e. The maximum absolute atomic E-state index is 9.10. The van der Waals surface area contributed by atoms with Crippen LogP contribution in [-0.2, 0) is 19.3 Å². The van der Waals surface area contributed by atoms with Crippen molar-refractivity contribution in [1.29, 1.82) is 5.26 Å². The SMILES string of the molecule is [B][C@H]1CC(NC(c2ccccc2)(c2ccccc2)c2ccc(OC)cc2)[C@@H](COP(OCCC#N)N(C(C)C)C(C)C)O1. The third-order valence-electron chi connectivity index (χ3n) is 7.63. The lowest BCUT2D eigenvalue weighted by Gasteiger charge is -2.41. The summed E-state index contributed by atoms with van der Waals surface area (Å²) < 4.78 is 26.7. The number of methoxy groups -OCH3 is 1. The Morgan fingerprint density at radius 1 is 0.930 bits per heavy atom. The molecule has 1 aliphatic rings. The molecule has 0 aromatic heterocycles. The second-order valence-corrected chi connectivity index (χ2v) is 12.7. The Morgan fingerprint density at radius 2 is 1.49 bits per heavy atom. The quantitative estimate of drug-likeness (QED) is 0.0923. The van der Waals surface area contributed by atoms with E-state index in [1.807, 2.05) is 24.3 Å². The zero-order chi connectivity index (χ0) is 30.8. The molecule has 0 saturated carbocycles. The van der Waals surface area contributed by atoms with Crippen molar-refractivity contribution in [3.8, 4) is 11.8 Å². The molecule has 1 saturated heterocycles. The van der Waals surface area contributed by atoms with Crippen LogP contribution in [0.2, 0.25) is 0 Å².